The average Bonchev–Trinajstić information content (AvgIpc) is 2.46. The molecule has 3 rings (SSSR count). The van der Waals surface area contributed by atoms with Crippen molar-refractivity contribution >= 4 is 16.7 Å². The molecule has 100 valence electrons. The maximum absolute atomic E-state index is 4.67. The first-order chi connectivity index (χ1) is 9.29. The quantitative estimate of drug-likeness (QED) is 0.828. The number of hydrogen-bond donors (Lipinski definition) is 0. The smallest absolute Gasteiger partial charge is 0.141 e. The summed E-state index contributed by atoms with van der Waals surface area (Å²) in [5.41, 5.74) is 3.18. The van der Waals surface area contributed by atoms with Crippen LogP contribution >= 0.6 is 0 Å². The van der Waals surface area contributed by atoms with Crippen LogP contribution in [0, 0.1) is 6.92 Å². The Morgan fingerprint density at radius 3 is 2.68 bits per heavy atom. The maximum atomic E-state index is 4.67. The predicted molar refractivity (Wildman–Crippen MR) is 77.5 cm³/mol. The Labute approximate surface area is 113 Å². The topological polar surface area (TPSA) is 41.9 Å². The summed E-state index contributed by atoms with van der Waals surface area (Å²) in [6.45, 7) is 6.38. The molecule has 1 saturated heterocycles. The summed E-state index contributed by atoms with van der Waals surface area (Å²) in [5.74, 6) is 1.08. The lowest BCUT2D eigenvalue weighted by Crippen LogP contribution is -2.30. The van der Waals surface area contributed by atoms with Crippen molar-refractivity contribution in [3.8, 4) is 0 Å². The van der Waals surface area contributed by atoms with Crippen molar-refractivity contribution in [3.63, 3.8) is 0 Å². The van der Waals surface area contributed by atoms with Gasteiger partial charge in [-0.3, -0.25) is 4.98 Å². The molecule has 0 radical (unpaired) electrons. The minimum atomic E-state index is 0.923. The molecule has 2 aromatic heterocycles. The minimum Gasteiger partial charge on any atom is -0.356 e. The summed E-state index contributed by atoms with van der Waals surface area (Å²) in [4.78, 5) is 16.0. The first-order valence-corrected chi connectivity index (χ1v) is 7.15. The number of aromatic nitrogens is 3. The number of fused-ring (bicyclic) bond motifs is 1. The van der Waals surface area contributed by atoms with Crippen LogP contribution < -0.4 is 4.90 Å². The molecule has 4 nitrogen and oxygen atoms in total. The van der Waals surface area contributed by atoms with Gasteiger partial charge in [0.15, 0.2) is 0 Å². The van der Waals surface area contributed by atoms with Crippen molar-refractivity contribution in [2.24, 2.45) is 0 Å². The normalized spacial score (nSPS) is 16.0. The number of pyridine rings is 1. The van der Waals surface area contributed by atoms with E-state index in [0.717, 1.165) is 47.6 Å². The predicted octanol–water partition coefficient (Wildman–Crippen LogP) is 2.89. The molecule has 1 fully saturated rings. The molecule has 2 aromatic rings. The van der Waals surface area contributed by atoms with Gasteiger partial charge in [0, 0.05) is 18.8 Å². The molecular weight excluding hydrogens is 236 g/mol. The molecule has 3 heterocycles. The Morgan fingerprint density at radius 1 is 1.16 bits per heavy atom. The molecule has 0 N–H and O–H groups in total. The van der Waals surface area contributed by atoms with E-state index in [0.29, 0.717) is 0 Å². The average molecular weight is 256 g/mol. The first-order valence-electron chi connectivity index (χ1n) is 7.15. The molecule has 0 bridgehead atoms. The van der Waals surface area contributed by atoms with E-state index in [9.17, 15) is 0 Å². The highest BCUT2D eigenvalue weighted by atomic mass is 15.2. The molecular formula is C15H20N4. The molecule has 0 unspecified atom stereocenters. The van der Waals surface area contributed by atoms with Crippen LogP contribution in [0.4, 0.5) is 5.82 Å². The van der Waals surface area contributed by atoms with Crippen LogP contribution in [0.2, 0.25) is 0 Å². The Hall–Kier alpha value is -1.71. The van der Waals surface area contributed by atoms with Crippen LogP contribution in [0.25, 0.3) is 10.9 Å². The number of nitrogens with zero attached hydrogens (tertiary/aromatic N) is 4. The van der Waals surface area contributed by atoms with Gasteiger partial charge in [0.25, 0.3) is 0 Å². The molecule has 0 amide bonds. The molecule has 0 aliphatic carbocycles. The van der Waals surface area contributed by atoms with Gasteiger partial charge in [-0.25, -0.2) is 9.97 Å². The summed E-state index contributed by atoms with van der Waals surface area (Å²) in [6.07, 6.45) is 6.45. The highest BCUT2D eigenvalue weighted by Crippen LogP contribution is 2.28. The van der Waals surface area contributed by atoms with E-state index in [1.165, 1.54) is 19.3 Å². The van der Waals surface area contributed by atoms with Gasteiger partial charge in [-0.05, 0) is 38.7 Å². The summed E-state index contributed by atoms with van der Waals surface area (Å²) in [5, 5.41) is 1.15. The highest BCUT2D eigenvalue weighted by Gasteiger charge is 2.17. The van der Waals surface area contributed by atoms with E-state index in [1.54, 1.807) is 6.33 Å². The van der Waals surface area contributed by atoms with E-state index in [-0.39, 0.29) is 0 Å². The van der Waals surface area contributed by atoms with Crippen molar-refractivity contribution in [2.45, 2.75) is 39.5 Å². The zero-order valence-corrected chi connectivity index (χ0v) is 11.7. The van der Waals surface area contributed by atoms with Crippen LogP contribution in [-0.4, -0.2) is 28.0 Å². The van der Waals surface area contributed by atoms with Crippen molar-refractivity contribution in [1.29, 1.82) is 0 Å². The molecule has 19 heavy (non-hydrogen) atoms. The van der Waals surface area contributed by atoms with Crippen molar-refractivity contribution in [2.75, 3.05) is 18.0 Å². The van der Waals surface area contributed by atoms with Crippen LogP contribution in [0.15, 0.2) is 12.4 Å². The summed E-state index contributed by atoms with van der Waals surface area (Å²) in [7, 11) is 0. The molecule has 0 saturated carbocycles. The summed E-state index contributed by atoms with van der Waals surface area (Å²) in [6, 6.07) is 2.06. The standard InChI is InChI=1S/C15H20N4/c1-3-12-14-13(9-11(2)18-12)16-10-17-15(14)19-7-5-4-6-8-19/h9-10H,3-8H2,1-2H3. The van der Waals surface area contributed by atoms with Gasteiger partial charge in [-0.15, -0.1) is 0 Å². The fourth-order valence-corrected chi connectivity index (χ4v) is 2.88. The second-order valence-electron chi connectivity index (χ2n) is 5.20. The maximum Gasteiger partial charge on any atom is 0.141 e. The highest BCUT2D eigenvalue weighted by molar-refractivity contribution is 5.91. The molecule has 1 aliphatic heterocycles. The lowest BCUT2D eigenvalue weighted by Gasteiger charge is -2.28. The van der Waals surface area contributed by atoms with Gasteiger partial charge in [0.2, 0.25) is 0 Å². The largest absolute Gasteiger partial charge is 0.356 e. The minimum absolute atomic E-state index is 0.923. The second-order valence-corrected chi connectivity index (χ2v) is 5.20. The Balaban J connectivity index is 2.18. The monoisotopic (exact) mass is 256 g/mol. The number of aryl methyl sites for hydroxylation is 2. The van der Waals surface area contributed by atoms with E-state index in [4.69, 9.17) is 0 Å². The lowest BCUT2D eigenvalue weighted by molar-refractivity contribution is 0.574. The van der Waals surface area contributed by atoms with Crippen LogP contribution in [0.3, 0.4) is 0 Å². The number of piperidine rings is 1. The first kappa shape index (κ1) is 12.3. The lowest BCUT2D eigenvalue weighted by atomic mass is 10.1. The fraction of sp³-hybridized carbons (Fsp3) is 0.533. The second kappa shape index (κ2) is 5.11. The molecule has 0 aromatic carbocycles. The summed E-state index contributed by atoms with van der Waals surface area (Å²) < 4.78 is 0. The zero-order chi connectivity index (χ0) is 13.2. The van der Waals surface area contributed by atoms with Gasteiger partial charge in [0.05, 0.1) is 16.6 Å². The Kier molecular flexibility index (Phi) is 3.32. The zero-order valence-electron chi connectivity index (χ0n) is 11.7. The van der Waals surface area contributed by atoms with E-state index in [2.05, 4.69) is 32.8 Å². The fourth-order valence-electron chi connectivity index (χ4n) is 2.88. The third kappa shape index (κ3) is 2.27. The van der Waals surface area contributed by atoms with Crippen molar-refractivity contribution < 1.29 is 0 Å². The molecule has 0 spiro atoms. The van der Waals surface area contributed by atoms with E-state index < -0.39 is 0 Å². The molecule has 0 atom stereocenters. The van der Waals surface area contributed by atoms with Gasteiger partial charge in [-0.2, -0.15) is 0 Å². The SMILES string of the molecule is CCc1nc(C)cc2ncnc(N3CCCCC3)c12. The number of rotatable bonds is 2. The third-order valence-electron chi connectivity index (χ3n) is 3.79. The van der Waals surface area contributed by atoms with E-state index >= 15 is 0 Å². The Bertz CT molecular complexity index is 588. The van der Waals surface area contributed by atoms with Crippen molar-refractivity contribution in [1.82, 2.24) is 15.0 Å². The Morgan fingerprint density at radius 2 is 1.95 bits per heavy atom. The van der Waals surface area contributed by atoms with Gasteiger partial charge >= 0.3 is 0 Å². The number of hydrogen-bond acceptors (Lipinski definition) is 4. The van der Waals surface area contributed by atoms with Gasteiger partial charge in [-0.1, -0.05) is 6.92 Å². The summed E-state index contributed by atoms with van der Waals surface area (Å²) >= 11 is 0. The van der Waals surface area contributed by atoms with Gasteiger partial charge in [0.1, 0.15) is 12.1 Å². The van der Waals surface area contributed by atoms with Gasteiger partial charge < -0.3 is 4.90 Å². The van der Waals surface area contributed by atoms with Crippen molar-refractivity contribution in [3.05, 3.63) is 23.8 Å². The van der Waals surface area contributed by atoms with E-state index in [1.807, 2.05) is 6.92 Å². The molecule has 4 heteroatoms. The van der Waals surface area contributed by atoms with Crippen LogP contribution in [0.1, 0.15) is 37.6 Å². The van der Waals surface area contributed by atoms with Crippen LogP contribution in [-0.2, 0) is 6.42 Å². The molecule has 1 aliphatic rings. The third-order valence-corrected chi connectivity index (χ3v) is 3.79. The number of anilines is 1. The van der Waals surface area contributed by atoms with Crippen LogP contribution in [0.5, 0.6) is 0 Å².